The second kappa shape index (κ2) is 7.35. The van der Waals surface area contributed by atoms with Crippen LogP contribution in [0.15, 0.2) is 36.4 Å². The highest BCUT2D eigenvalue weighted by Crippen LogP contribution is 2.32. The van der Waals surface area contributed by atoms with Gasteiger partial charge in [0.05, 0.1) is 16.0 Å². The predicted octanol–water partition coefficient (Wildman–Crippen LogP) is 5.76. The molecular formula is C19H20Cl3NO. The van der Waals surface area contributed by atoms with E-state index in [1.54, 1.807) is 18.2 Å². The van der Waals surface area contributed by atoms with Crippen LogP contribution in [0.3, 0.4) is 0 Å². The summed E-state index contributed by atoms with van der Waals surface area (Å²) in [6.45, 7) is 6.38. The van der Waals surface area contributed by atoms with E-state index in [9.17, 15) is 4.79 Å². The van der Waals surface area contributed by atoms with E-state index < -0.39 is 11.8 Å². The Morgan fingerprint density at radius 3 is 2.17 bits per heavy atom. The molecule has 2 rings (SSSR count). The third kappa shape index (κ3) is 4.44. The van der Waals surface area contributed by atoms with Crippen LogP contribution in [0.5, 0.6) is 0 Å². The number of benzene rings is 2. The molecule has 0 aliphatic rings. The summed E-state index contributed by atoms with van der Waals surface area (Å²) in [5.74, 6) is -0.942. The Morgan fingerprint density at radius 2 is 1.67 bits per heavy atom. The smallest absolute Gasteiger partial charge is 0.225 e. The number of primary amides is 1. The topological polar surface area (TPSA) is 43.1 Å². The summed E-state index contributed by atoms with van der Waals surface area (Å²) in [5.41, 5.74) is 8.35. The molecular weight excluding hydrogens is 365 g/mol. The molecule has 128 valence electrons. The monoisotopic (exact) mass is 383 g/mol. The van der Waals surface area contributed by atoms with Crippen molar-refractivity contribution in [3.8, 4) is 0 Å². The van der Waals surface area contributed by atoms with E-state index in [4.69, 9.17) is 40.5 Å². The Bertz CT molecular complexity index is 766. The summed E-state index contributed by atoms with van der Waals surface area (Å²) in [7, 11) is 0. The van der Waals surface area contributed by atoms with Gasteiger partial charge in [-0.3, -0.25) is 4.79 Å². The molecule has 0 saturated carbocycles. The van der Waals surface area contributed by atoms with Crippen molar-refractivity contribution < 1.29 is 4.79 Å². The van der Waals surface area contributed by atoms with Crippen LogP contribution in [0.1, 0.15) is 43.4 Å². The van der Waals surface area contributed by atoms with Gasteiger partial charge in [0.1, 0.15) is 0 Å². The zero-order valence-electron chi connectivity index (χ0n) is 13.9. The van der Waals surface area contributed by atoms with Crippen molar-refractivity contribution in [1.29, 1.82) is 0 Å². The first kappa shape index (κ1) is 19.1. The van der Waals surface area contributed by atoms with E-state index in [2.05, 4.69) is 20.8 Å². The zero-order valence-corrected chi connectivity index (χ0v) is 16.1. The van der Waals surface area contributed by atoms with E-state index >= 15 is 0 Å². The molecule has 0 fully saturated rings. The summed E-state index contributed by atoms with van der Waals surface area (Å²) < 4.78 is 0. The number of hydrogen-bond donors (Lipinski definition) is 1. The maximum atomic E-state index is 11.9. The van der Waals surface area contributed by atoms with Gasteiger partial charge in [-0.05, 0) is 46.7 Å². The molecule has 0 radical (unpaired) electrons. The maximum Gasteiger partial charge on any atom is 0.225 e. The van der Waals surface area contributed by atoms with Crippen LogP contribution in [0.25, 0.3) is 0 Å². The first-order valence-electron chi connectivity index (χ1n) is 7.62. The van der Waals surface area contributed by atoms with Crippen LogP contribution < -0.4 is 5.73 Å². The van der Waals surface area contributed by atoms with E-state index in [0.717, 1.165) is 16.7 Å². The van der Waals surface area contributed by atoms with Gasteiger partial charge in [-0.1, -0.05) is 73.8 Å². The Morgan fingerprint density at radius 1 is 1.00 bits per heavy atom. The highest BCUT2D eigenvalue weighted by Gasteiger charge is 2.22. The molecule has 2 N–H and O–H groups in total. The summed E-state index contributed by atoms with van der Waals surface area (Å²) in [6, 6.07) is 11.0. The summed E-state index contributed by atoms with van der Waals surface area (Å²) in [4.78, 5) is 11.9. The molecule has 0 heterocycles. The molecule has 24 heavy (non-hydrogen) atoms. The normalized spacial score (nSPS) is 12.9. The minimum Gasteiger partial charge on any atom is -0.369 e. The molecule has 0 aliphatic carbocycles. The Kier molecular flexibility index (Phi) is 5.85. The van der Waals surface area contributed by atoms with Crippen LogP contribution in [-0.4, -0.2) is 5.91 Å². The van der Waals surface area contributed by atoms with Crippen LogP contribution >= 0.6 is 34.8 Å². The number of carbonyl (C=O) groups excluding carboxylic acids is 1. The van der Waals surface area contributed by atoms with Crippen molar-refractivity contribution in [2.45, 2.75) is 38.5 Å². The number of halogens is 3. The lowest BCUT2D eigenvalue weighted by Crippen LogP contribution is -2.23. The van der Waals surface area contributed by atoms with Crippen molar-refractivity contribution in [3.63, 3.8) is 0 Å². The molecule has 0 bridgehead atoms. The molecule has 1 atom stereocenters. The van der Waals surface area contributed by atoms with Gasteiger partial charge in [-0.15, -0.1) is 0 Å². The molecule has 2 aromatic rings. The molecule has 1 amide bonds. The Balaban J connectivity index is 2.35. The van der Waals surface area contributed by atoms with Crippen molar-refractivity contribution in [2.75, 3.05) is 0 Å². The van der Waals surface area contributed by atoms with Crippen LogP contribution in [0.4, 0.5) is 0 Å². The van der Waals surface area contributed by atoms with Gasteiger partial charge in [-0.25, -0.2) is 0 Å². The summed E-state index contributed by atoms with van der Waals surface area (Å²) in [5, 5.41) is 1.47. The van der Waals surface area contributed by atoms with Crippen molar-refractivity contribution in [3.05, 3.63) is 68.2 Å². The zero-order chi connectivity index (χ0) is 18.1. The van der Waals surface area contributed by atoms with Crippen LogP contribution in [-0.2, 0) is 16.6 Å². The SMILES string of the molecule is CC(C)(C)c1ccc(CC(C(N)=O)c2ccc(Cl)c(Cl)c2)c(Cl)c1. The average molecular weight is 385 g/mol. The van der Waals surface area contributed by atoms with E-state index in [1.807, 2.05) is 18.2 Å². The molecule has 0 spiro atoms. The number of amides is 1. The molecule has 2 aromatic carbocycles. The van der Waals surface area contributed by atoms with Crippen LogP contribution in [0.2, 0.25) is 15.1 Å². The fourth-order valence-electron chi connectivity index (χ4n) is 2.51. The number of nitrogens with two attached hydrogens (primary N) is 1. The van der Waals surface area contributed by atoms with Crippen molar-refractivity contribution in [2.24, 2.45) is 5.73 Å². The standard InChI is InChI=1S/C19H20Cl3NO/c1-19(2,3)13-6-4-12(16(21)10-13)8-14(18(23)24)11-5-7-15(20)17(22)9-11/h4-7,9-10,14H,8H2,1-3H3,(H2,23,24). The highest BCUT2D eigenvalue weighted by molar-refractivity contribution is 6.42. The number of hydrogen-bond acceptors (Lipinski definition) is 1. The fraction of sp³-hybridized carbons (Fsp3) is 0.316. The maximum absolute atomic E-state index is 11.9. The molecule has 2 nitrogen and oxygen atoms in total. The van der Waals surface area contributed by atoms with Gasteiger partial charge in [0.2, 0.25) is 5.91 Å². The van der Waals surface area contributed by atoms with E-state index in [0.29, 0.717) is 21.5 Å². The number of rotatable bonds is 4. The van der Waals surface area contributed by atoms with Gasteiger partial charge < -0.3 is 5.73 Å². The molecule has 0 aromatic heterocycles. The Hall–Kier alpha value is -1.22. The van der Waals surface area contributed by atoms with Gasteiger partial charge >= 0.3 is 0 Å². The first-order valence-corrected chi connectivity index (χ1v) is 8.76. The summed E-state index contributed by atoms with van der Waals surface area (Å²) in [6.07, 6.45) is 0.413. The third-order valence-electron chi connectivity index (χ3n) is 4.03. The highest BCUT2D eigenvalue weighted by atomic mass is 35.5. The Labute approximate surface area is 157 Å². The lowest BCUT2D eigenvalue weighted by Gasteiger charge is -2.21. The largest absolute Gasteiger partial charge is 0.369 e. The van der Waals surface area contributed by atoms with Gasteiger partial charge in [0, 0.05) is 5.02 Å². The lowest BCUT2D eigenvalue weighted by molar-refractivity contribution is -0.119. The van der Waals surface area contributed by atoms with Gasteiger partial charge in [0.15, 0.2) is 0 Å². The number of carbonyl (C=O) groups is 1. The average Bonchev–Trinajstić information content (AvgIpc) is 2.47. The van der Waals surface area contributed by atoms with Crippen molar-refractivity contribution in [1.82, 2.24) is 0 Å². The van der Waals surface area contributed by atoms with Crippen LogP contribution in [0, 0.1) is 0 Å². The van der Waals surface area contributed by atoms with Gasteiger partial charge in [-0.2, -0.15) is 0 Å². The lowest BCUT2D eigenvalue weighted by atomic mass is 9.85. The fourth-order valence-corrected chi connectivity index (χ4v) is 3.08. The predicted molar refractivity (Wildman–Crippen MR) is 102 cm³/mol. The van der Waals surface area contributed by atoms with Crippen molar-refractivity contribution >= 4 is 40.7 Å². The quantitative estimate of drug-likeness (QED) is 0.716. The third-order valence-corrected chi connectivity index (χ3v) is 5.12. The summed E-state index contributed by atoms with van der Waals surface area (Å²) >= 11 is 18.4. The molecule has 1 unspecified atom stereocenters. The molecule has 0 aliphatic heterocycles. The van der Waals surface area contributed by atoms with Gasteiger partial charge in [0.25, 0.3) is 0 Å². The van der Waals surface area contributed by atoms with E-state index in [1.165, 1.54) is 0 Å². The second-order valence-electron chi connectivity index (χ2n) is 6.89. The minimum absolute atomic E-state index is 0.00889. The molecule has 5 heteroatoms. The molecule has 0 saturated heterocycles. The van der Waals surface area contributed by atoms with E-state index in [-0.39, 0.29) is 5.41 Å². The second-order valence-corrected chi connectivity index (χ2v) is 8.11. The first-order chi connectivity index (χ1) is 11.1. The minimum atomic E-state index is -0.516.